The van der Waals surface area contributed by atoms with Gasteiger partial charge in [0.1, 0.15) is 11.3 Å². The molecule has 3 aromatic rings. The van der Waals surface area contributed by atoms with Gasteiger partial charge < -0.3 is 31.2 Å². The van der Waals surface area contributed by atoms with Gasteiger partial charge >= 0.3 is 6.03 Å². The maximum Gasteiger partial charge on any atom is 0.318 e. The molecular weight excluding hydrogens is 485 g/mol. The fourth-order valence-electron chi connectivity index (χ4n) is 4.99. The molecule has 0 bridgehead atoms. The lowest BCUT2D eigenvalue weighted by Crippen LogP contribution is -2.66. The molecule has 5 N–H and O–H groups in total. The second-order valence-corrected chi connectivity index (χ2v) is 9.93. The van der Waals surface area contributed by atoms with Gasteiger partial charge in [0.15, 0.2) is 17.5 Å². The number of nitrogens with zero attached hydrogens (tertiary/aromatic N) is 5. The third-order valence-corrected chi connectivity index (χ3v) is 7.18. The van der Waals surface area contributed by atoms with Crippen LogP contribution < -0.4 is 16.4 Å². The highest BCUT2D eigenvalue weighted by Crippen LogP contribution is 2.29. The molecule has 12 heteroatoms. The van der Waals surface area contributed by atoms with Crippen molar-refractivity contribution in [1.82, 2.24) is 35.1 Å². The van der Waals surface area contributed by atoms with Crippen LogP contribution in [0, 0.1) is 5.82 Å². The van der Waals surface area contributed by atoms with Crippen LogP contribution in [0.25, 0.3) is 22.4 Å². The number of rotatable bonds is 7. The minimum Gasteiger partial charge on any atom is -0.364 e. The van der Waals surface area contributed by atoms with Crippen LogP contribution in [0.5, 0.6) is 0 Å². The van der Waals surface area contributed by atoms with E-state index < -0.39 is 11.5 Å². The Morgan fingerprint density at radius 1 is 1.19 bits per heavy atom. The molecule has 0 unspecified atom stereocenters. The number of halogens is 2. The summed E-state index contributed by atoms with van der Waals surface area (Å²) in [6.45, 7) is 4.28. The first-order chi connectivity index (χ1) is 17.4. The number of fused-ring (bicyclic) bond motifs is 1. The fraction of sp³-hybridized carbons (Fsp3) is 0.500. The number of nitrogens with one attached hydrogen (secondary N) is 3. The van der Waals surface area contributed by atoms with E-state index in [-0.39, 0.29) is 18.4 Å². The van der Waals surface area contributed by atoms with E-state index in [1.165, 1.54) is 12.8 Å². The molecule has 5 heterocycles. The molecule has 0 spiro atoms. The number of hydrogen-bond acceptors (Lipinski definition) is 7. The molecule has 5 rings (SSSR count). The number of anilines is 1. The van der Waals surface area contributed by atoms with E-state index in [0.717, 1.165) is 44.1 Å². The Balaban J connectivity index is 1.28. The summed E-state index contributed by atoms with van der Waals surface area (Å²) in [5.74, 6) is -0.259. The molecule has 0 saturated carbocycles. The average molecular weight is 516 g/mol. The molecule has 2 saturated heterocycles. The van der Waals surface area contributed by atoms with Gasteiger partial charge in [0, 0.05) is 43.0 Å². The van der Waals surface area contributed by atoms with Crippen LogP contribution in [0.3, 0.4) is 0 Å². The predicted molar refractivity (Wildman–Crippen MR) is 137 cm³/mol. The zero-order valence-corrected chi connectivity index (χ0v) is 20.8. The third kappa shape index (κ3) is 5.23. The first-order valence-electron chi connectivity index (χ1n) is 12.4. The number of piperidine rings is 1. The summed E-state index contributed by atoms with van der Waals surface area (Å²) >= 11 is 6.10. The quantitative estimate of drug-likeness (QED) is 0.380. The summed E-state index contributed by atoms with van der Waals surface area (Å²) in [6, 6.07) is 1.57. The van der Waals surface area contributed by atoms with Crippen molar-refractivity contribution in [2.45, 2.75) is 37.8 Å². The molecule has 2 fully saturated rings. The van der Waals surface area contributed by atoms with E-state index in [1.54, 1.807) is 23.4 Å². The highest BCUT2D eigenvalue weighted by molar-refractivity contribution is 6.31. The molecular formula is C24H31ClFN9O. The van der Waals surface area contributed by atoms with E-state index in [2.05, 4.69) is 35.5 Å². The molecule has 2 aliphatic heterocycles. The second kappa shape index (κ2) is 10.5. The highest BCUT2D eigenvalue weighted by atomic mass is 35.5. The van der Waals surface area contributed by atoms with Crippen molar-refractivity contribution in [2.75, 3.05) is 44.6 Å². The lowest BCUT2D eigenvalue weighted by Gasteiger charge is -2.44. The van der Waals surface area contributed by atoms with Gasteiger partial charge in [-0.05, 0) is 51.3 Å². The Hall–Kier alpha value is -3.02. The lowest BCUT2D eigenvalue weighted by atomic mass is 9.96. The summed E-state index contributed by atoms with van der Waals surface area (Å²) in [6.07, 6.45) is 9.17. The maximum absolute atomic E-state index is 14.7. The number of aromatic nitrogens is 4. The van der Waals surface area contributed by atoms with Gasteiger partial charge in [-0.1, -0.05) is 11.6 Å². The van der Waals surface area contributed by atoms with Gasteiger partial charge in [-0.2, -0.15) is 0 Å². The Morgan fingerprint density at radius 2 is 2.00 bits per heavy atom. The zero-order chi connectivity index (χ0) is 25.1. The van der Waals surface area contributed by atoms with Gasteiger partial charge in [-0.25, -0.2) is 24.1 Å². The Bertz CT molecular complexity index is 1230. The number of H-pyrrole nitrogens is 1. The number of nitrogens with two attached hydrogens (primary N) is 1. The van der Waals surface area contributed by atoms with Crippen LogP contribution in [0.1, 0.15) is 32.1 Å². The SMILES string of the molecule is N[C@]1(CNc2nc(-c3c[nH]c4ncc(Cl)cc34)ncc2F)CCCCN1C(=O)NCCN1CCCC1. The summed E-state index contributed by atoms with van der Waals surface area (Å²) < 4.78 is 14.7. The Kier molecular flexibility index (Phi) is 7.22. The van der Waals surface area contributed by atoms with Crippen molar-refractivity contribution in [3.63, 3.8) is 0 Å². The van der Waals surface area contributed by atoms with Gasteiger partial charge in [-0.15, -0.1) is 0 Å². The van der Waals surface area contributed by atoms with Gasteiger partial charge in [0.25, 0.3) is 0 Å². The number of carbonyl (C=O) groups is 1. The first-order valence-corrected chi connectivity index (χ1v) is 12.8. The standard InChI is InChI=1S/C24H31ClFN9O/c25-16-11-17-18(13-30-20(17)29-12-16)21-31-14-19(26)22(33-21)32-15-24(27)5-1-2-9-35(24)23(36)28-6-10-34-7-3-4-8-34/h11-14H,1-10,15,27H2,(H,28,36)(H,29,30)(H,31,32,33)/t24-/m1/s1. The van der Waals surface area contributed by atoms with Crippen molar-refractivity contribution in [2.24, 2.45) is 5.73 Å². The summed E-state index contributed by atoms with van der Waals surface area (Å²) in [4.78, 5) is 32.9. The number of likely N-dealkylation sites (tertiary alicyclic amines) is 2. The number of amides is 2. The molecule has 2 aliphatic rings. The largest absolute Gasteiger partial charge is 0.364 e. The van der Waals surface area contributed by atoms with Crippen LogP contribution in [0.15, 0.2) is 24.7 Å². The summed E-state index contributed by atoms with van der Waals surface area (Å²) in [5, 5.41) is 7.26. The molecule has 10 nitrogen and oxygen atoms in total. The molecule has 192 valence electrons. The van der Waals surface area contributed by atoms with Crippen LogP contribution >= 0.6 is 11.6 Å². The van der Waals surface area contributed by atoms with Crippen LogP contribution in [-0.4, -0.2) is 80.7 Å². The topological polar surface area (TPSA) is 128 Å². The highest BCUT2D eigenvalue weighted by Gasteiger charge is 2.38. The van der Waals surface area contributed by atoms with Crippen molar-refractivity contribution in [3.05, 3.63) is 35.5 Å². The smallest absolute Gasteiger partial charge is 0.318 e. The van der Waals surface area contributed by atoms with Crippen molar-refractivity contribution < 1.29 is 9.18 Å². The molecule has 2 amide bonds. The average Bonchev–Trinajstić information content (AvgIpc) is 3.54. The summed E-state index contributed by atoms with van der Waals surface area (Å²) in [7, 11) is 0. The van der Waals surface area contributed by atoms with Gasteiger partial charge in [-0.3, -0.25) is 0 Å². The normalized spacial score (nSPS) is 20.7. The van der Waals surface area contributed by atoms with E-state index in [0.29, 0.717) is 41.6 Å². The number of carbonyl (C=O) groups excluding carboxylic acids is 1. The van der Waals surface area contributed by atoms with E-state index in [1.807, 2.05) is 0 Å². The molecule has 0 radical (unpaired) electrons. The van der Waals surface area contributed by atoms with E-state index >= 15 is 0 Å². The maximum atomic E-state index is 14.7. The van der Waals surface area contributed by atoms with Gasteiger partial charge in [0.2, 0.25) is 0 Å². The minimum absolute atomic E-state index is 0.0223. The second-order valence-electron chi connectivity index (χ2n) is 9.49. The van der Waals surface area contributed by atoms with E-state index in [9.17, 15) is 9.18 Å². The van der Waals surface area contributed by atoms with Crippen LogP contribution in [0.2, 0.25) is 5.02 Å². The van der Waals surface area contributed by atoms with Crippen LogP contribution in [-0.2, 0) is 0 Å². The minimum atomic E-state index is -0.967. The molecule has 0 aliphatic carbocycles. The molecule has 3 aromatic heterocycles. The fourth-order valence-corrected chi connectivity index (χ4v) is 5.15. The number of hydrogen-bond donors (Lipinski definition) is 4. The molecule has 1 atom stereocenters. The Morgan fingerprint density at radius 3 is 2.83 bits per heavy atom. The number of urea groups is 1. The van der Waals surface area contributed by atoms with E-state index in [4.69, 9.17) is 17.3 Å². The predicted octanol–water partition coefficient (Wildman–Crippen LogP) is 3.17. The van der Waals surface area contributed by atoms with Crippen molar-refractivity contribution >= 4 is 34.5 Å². The third-order valence-electron chi connectivity index (χ3n) is 6.97. The number of aromatic amines is 1. The zero-order valence-electron chi connectivity index (χ0n) is 20.1. The Labute approximate surface area is 213 Å². The van der Waals surface area contributed by atoms with Crippen molar-refractivity contribution in [3.8, 4) is 11.4 Å². The van der Waals surface area contributed by atoms with Crippen LogP contribution in [0.4, 0.5) is 15.0 Å². The lowest BCUT2D eigenvalue weighted by molar-refractivity contribution is 0.0889. The molecule has 36 heavy (non-hydrogen) atoms. The monoisotopic (exact) mass is 515 g/mol. The number of pyridine rings is 1. The first kappa shape index (κ1) is 24.7. The summed E-state index contributed by atoms with van der Waals surface area (Å²) in [5.41, 5.74) is 7.04. The van der Waals surface area contributed by atoms with Gasteiger partial charge in [0.05, 0.1) is 17.8 Å². The van der Waals surface area contributed by atoms with Crippen molar-refractivity contribution in [1.29, 1.82) is 0 Å². The molecule has 0 aromatic carbocycles.